The third-order valence-electron chi connectivity index (χ3n) is 3.32. The number of fused-ring (bicyclic) bond motifs is 3. The number of nitrogens with zero attached hydrogens (tertiary/aromatic N) is 2. The first-order valence-electron chi connectivity index (χ1n) is 5.72. The van der Waals surface area contributed by atoms with E-state index in [4.69, 9.17) is 16.7 Å². The van der Waals surface area contributed by atoms with Crippen molar-refractivity contribution in [3.05, 3.63) is 43.3 Å². The normalized spacial score (nSPS) is 11.6. The van der Waals surface area contributed by atoms with Gasteiger partial charge in [0.15, 0.2) is 0 Å². The highest BCUT2D eigenvalue weighted by atomic mass is 35.5. The Morgan fingerprint density at radius 2 is 1.95 bits per heavy atom. The van der Waals surface area contributed by atoms with Crippen LogP contribution in [0, 0.1) is 0 Å². The molecule has 1 aromatic carbocycles. The Kier molecular flexibility index (Phi) is 2.43. The van der Waals surface area contributed by atoms with Gasteiger partial charge >= 0.3 is 11.5 Å². The van der Waals surface area contributed by atoms with Crippen LogP contribution >= 0.6 is 11.6 Å². The largest absolute Gasteiger partial charge is 0.478 e. The van der Waals surface area contributed by atoms with Gasteiger partial charge in [-0.15, -0.1) is 0 Å². The number of anilines is 1. The fourth-order valence-electron chi connectivity index (χ4n) is 2.48. The standard InChI is InChI=1S/C13H9ClN2O4/c1-15(2)9-6-3-5(13(19)20)7(14)4-8(6)16-10(9)11(17)12(16)18/h3-4H,1-2H3,(H,19,20). The van der Waals surface area contributed by atoms with Crippen LogP contribution in [0.5, 0.6) is 0 Å². The zero-order valence-electron chi connectivity index (χ0n) is 10.6. The lowest BCUT2D eigenvalue weighted by atomic mass is 10.1. The maximum absolute atomic E-state index is 11.7. The summed E-state index contributed by atoms with van der Waals surface area (Å²) in [5.41, 5.74) is -0.0106. The van der Waals surface area contributed by atoms with Crippen molar-refractivity contribution in [2.24, 2.45) is 0 Å². The molecule has 102 valence electrons. The molecule has 2 aromatic heterocycles. The Morgan fingerprint density at radius 3 is 2.50 bits per heavy atom. The van der Waals surface area contributed by atoms with Gasteiger partial charge in [-0.05, 0) is 12.1 Å². The molecule has 0 spiro atoms. The zero-order valence-corrected chi connectivity index (χ0v) is 11.4. The van der Waals surface area contributed by atoms with Crippen molar-refractivity contribution in [3.8, 4) is 0 Å². The molecule has 0 fully saturated rings. The molecule has 3 aromatic rings. The first-order chi connectivity index (χ1) is 9.34. The maximum Gasteiger partial charge on any atom is 0.337 e. The monoisotopic (exact) mass is 292 g/mol. The number of hydrogen-bond acceptors (Lipinski definition) is 4. The van der Waals surface area contributed by atoms with Gasteiger partial charge in [0.1, 0.15) is 5.52 Å². The average molecular weight is 293 g/mol. The zero-order chi connectivity index (χ0) is 14.8. The van der Waals surface area contributed by atoms with E-state index in [1.54, 1.807) is 19.0 Å². The molecule has 0 saturated carbocycles. The summed E-state index contributed by atoms with van der Waals surface area (Å²) in [4.78, 5) is 36.2. The maximum atomic E-state index is 11.7. The highest BCUT2D eigenvalue weighted by Gasteiger charge is 2.25. The Labute approximate surface area is 117 Å². The SMILES string of the molecule is CN(C)c1c2cc(C(=O)O)c(Cl)cc2n2c(=O)c(=O)c12. The predicted octanol–water partition coefficient (Wildman–Crippen LogP) is 1.11. The van der Waals surface area contributed by atoms with Crippen LogP contribution in [0.25, 0.3) is 16.4 Å². The number of benzene rings is 1. The average Bonchev–Trinajstić information content (AvgIpc) is 2.67. The molecular formula is C13H9ClN2O4. The minimum absolute atomic E-state index is 0.0303. The van der Waals surface area contributed by atoms with Crippen LogP contribution in [0.4, 0.5) is 5.69 Å². The van der Waals surface area contributed by atoms with Crippen molar-refractivity contribution < 1.29 is 9.90 Å². The van der Waals surface area contributed by atoms with Crippen molar-refractivity contribution in [1.82, 2.24) is 4.40 Å². The van der Waals surface area contributed by atoms with Crippen molar-refractivity contribution in [2.45, 2.75) is 0 Å². The van der Waals surface area contributed by atoms with Gasteiger partial charge in [-0.25, -0.2) is 4.79 Å². The van der Waals surface area contributed by atoms with E-state index in [1.807, 2.05) is 0 Å². The van der Waals surface area contributed by atoms with E-state index in [0.29, 0.717) is 16.6 Å². The minimum Gasteiger partial charge on any atom is -0.478 e. The number of carbonyl (C=O) groups is 1. The van der Waals surface area contributed by atoms with E-state index >= 15 is 0 Å². The predicted molar refractivity (Wildman–Crippen MR) is 76.1 cm³/mol. The van der Waals surface area contributed by atoms with E-state index in [0.717, 1.165) is 0 Å². The van der Waals surface area contributed by atoms with Gasteiger partial charge in [-0.3, -0.25) is 14.0 Å². The summed E-state index contributed by atoms with van der Waals surface area (Å²) in [5.74, 6) is -1.16. The second-order valence-electron chi connectivity index (χ2n) is 4.72. The summed E-state index contributed by atoms with van der Waals surface area (Å²) < 4.78 is 1.27. The molecule has 0 saturated heterocycles. The van der Waals surface area contributed by atoms with Gasteiger partial charge in [-0.1, -0.05) is 11.6 Å². The van der Waals surface area contributed by atoms with Crippen molar-refractivity contribution in [2.75, 3.05) is 19.0 Å². The molecule has 0 atom stereocenters. The molecule has 6 nitrogen and oxygen atoms in total. The Bertz CT molecular complexity index is 961. The molecule has 0 unspecified atom stereocenters. The van der Waals surface area contributed by atoms with Crippen LogP contribution in [-0.2, 0) is 0 Å². The number of aromatic carboxylic acids is 1. The van der Waals surface area contributed by atoms with Gasteiger partial charge in [0.05, 0.1) is 21.8 Å². The molecule has 0 amide bonds. The molecule has 0 bridgehead atoms. The van der Waals surface area contributed by atoms with E-state index in [-0.39, 0.29) is 16.1 Å². The third-order valence-corrected chi connectivity index (χ3v) is 3.63. The lowest BCUT2D eigenvalue weighted by Gasteiger charge is -2.12. The first kappa shape index (κ1) is 12.7. The van der Waals surface area contributed by atoms with Crippen LogP contribution in [0.1, 0.15) is 10.4 Å². The number of carboxylic acids is 1. The van der Waals surface area contributed by atoms with Crippen LogP contribution in [0.3, 0.4) is 0 Å². The smallest absolute Gasteiger partial charge is 0.337 e. The summed E-state index contributed by atoms with van der Waals surface area (Å²) in [6.45, 7) is 0. The van der Waals surface area contributed by atoms with Gasteiger partial charge < -0.3 is 10.0 Å². The van der Waals surface area contributed by atoms with Crippen molar-refractivity contribution in [1.29, 1.82) is 0 Å². The molecule has 1 N–H and O–H groups in total. The van der Waals surface area contributed by atoms with E-state index in [1.165, 1.54) is 16.5 Å². The van der Waals surface area contributed by atoms with Gasteiger partial charge in [0, 0.05) is 19.5 Å². The van der Waals surface area contributed by atoms with Gasteiger partial charge in [0.2, 0.25) is 0 Å². The van der Waals surface area contributed by atoms with Crippen molar-refractivity contribution >= 4 is 39.7 Å². The van der Waals surface area contributed by atoms with Gasteiger partial charge in [-0.2, -0.15) is 0 Å². The second kappa shape index (κ2) is 3.83. The van der Waals surface area contributed by atoms with E-state index in [9.17, 15) is 14.4 Å². The lowest BCUT2D eigenvalue weighted by Crippen LogP contribution is -2.38. The molecule has 7 heteroatoms. The van der Waals surface area contributed by atoms with Crippen LogP contribution in [-0.4, -0.2) is 29.6 Å². The molecule has 0 radical (unpaired) electrons. The number of hydrogen-bond donors (Lipinski definition) is 1. The molecule has 0 aliphatic carbocycles. The summed E-state index contributed by atoms with van der Waals surface area (Å²) in [6, 6.07) is 2.79. The molecule has 3 rings (SSSR count). The van der Waals surface area contributed by atoms with Crippen LogP contribution < -0.4 is 15.9 Å². The fourth-order valence-corrected chi connectivity index (χ4v) is 2.72. The van der Waals surface area contributed by atoms with Crippen molar-refractivity contribution in [3.63, 3.8) is 0 Å². The molecule has 0 aliphatic heterocycles. The third kappa shape index (κ3) is 1.36. The summed E-state index contributed by atoms with van der Waals surface area (Å²) in [6.07, 6.45) is 0. The molecule has 20 heavy (non-hydrogen) atoms. The molecular weight excluding hydrogens is 284 g/mol. The van der Waals surface area contributed by atoms with E-state index < -0.39 is 17.0 Å². The second-order valence-corrected chi connectivity index (χ2v) is 5.12. The number of halogens is 1. The summed E-state index contributed by atoms with van der Waals surface area (Å²) >= 11 is 5.92. The fraction of sp³-hybridized carbons (Fsp3) is 0.154. The quantitative estimate of drug-likeness (QED) is 0.716. The Balaban J connectivity index is 2.58. The Morgan fingerprint density at radius 1 is 1.30 bits per heavy atom. The summed E-state index contributed by atoms with van der Waals surface area (Å²) in [5, 5.41) is 9.66. The topological polar surface area (TPSA) is 79.1 Å². The van der Waals surface area contributed by atoms with Crippen LogP contribution in [0.15, 0.2) is 21.7 Å². The molecule has 0 aliphatic rings. The van der Waals surface area contributed by atoms with Crippen LogP contribution in [0.2, 0.25) is 5.02 Å². The number of carboxylic acid groups (broad SMARTS) is 1. The lowest BCUT2D eigenvalue weighted by molar-refractivity contribution is 0.0697. The van der Waals surface area contributed by atoms with Gasteiger partial charge in [0.25, 0.3) is 5.43 Å². The highest BCUT2D eigenvalue weighted by molar-refractivity contribution is 6.34. The number of rotatable bonds is 2. The Hall–Kier alpha value is -2.34. The minimum atomic E-state index is -1.16. The highest BCUT2D eigenvalue weighted by Crippen LogP contribution is 2.34. The van der Waals surface area contributed by atoms with E-state index in [2.05, 4.69) is 0 Å². The molecule has 2 heterocycles. The first-order valence-corrected chi connectivity index (χ1v) is 6.10. The number of aromatic nitrogens is 1. The summed E-state index contributed by atoms with van der Waals surface area (Å²) in [7, 11) is 3.45.